The van der Waals surface area contributed by atoms with E-state index in [1.165, 1.54) is 11.8 Å². The molecule has 0 aliphatic carbocycles. The zero-order chi connectivity index (χ0) is 22.8. The van der Waals surface area contributed by atoms with E-state index < -0.39 is 11.8 Å². The summed E-state index contributed by atoms with van der Waals surface area (Å²) in [5, 5.41) is 0.917. The number of nitrogens with zero attached hydrogens (tertiary/aromatic N) is 3. The van der Waals surface area contributed by atoms with Crippen molar-refractivity contribution in [2.45, 2.75) is 67.8 Å². The number of carbonyl (C=O) groups excluding carboxylic acids is 1. The highest BCUT2D eigenvalue weighted by Crippen LogP contribution is 2.38. The van der Waals surface area contributed by atoms with E-state index in [0.717, 1.165) is 4.90 Å². The number of nitrogens with two attached hydrogens (primary N) is 2. The summed E-state index contributed by atoms with van der Waals surface area (Å²) in [4.78, 5) is 23.8. The van der Waals surface area contributed by atoms with E-state index in [4.69, 9.17) is 27.8 Å². The number of piperidine rings is 1. The molecule has 0 saturated carbocycles. The Balaban J connectivity index is 1.79. The summed E-state index contributed by atoms with van der Waals surface area (Å²) in [6.07, 6.45) is 1.24. The van der Waals surface area contributed by atoms with Crippen LogP contribution in [0.1, 0.15) is 40.0 Å². The molecule has 1 aliphatic heterocycles. The van der Waals surface area contributed by atoms with Gasteiger partial charge in [0, 0.05) is 17.5 Å². The predicted octanol–water partition coefficient (Wildman–Crippen LogP) is 4.48. The van der Waals surface area contributed by atoms with Crippen molar-refractivity contribution in [3.63, 3.8) is 0 Å². The molecule has 1 aromatic heterocycles. The molecule has 1 saturated heterocycles. The van der Waals surface area contributed by atoms with Crippen LogP contribution >= 0.6 is 23.4 Å². The second kappa shape index (κ2) is 9.48. The quantitative estimate of drug-likeness (QED) is 0.489. The third-order valence-corrected chi connectivity index (χ3v) is 6.32. The highest BCUT2D eigenvalue weighted by atomic mass is 35.5. The third-order valence-electron chi connectivity index (χ3n) is 4.72. The van der Waals surface area contributed by atoms with Crippen LogP contribution in [0.25, 0.3) is 0 Å². The zero-order valence-electron chi connectivity index (χ0n) is 17.8. The number of ether oxygens (including phenoxy) is 1. The lowest BCUT2D eigenvalue weighted by molar-refractivity contribution is -0.155. The SMILES string of the molecule is CC(C)(C)OC(=O)CC1CC(F)CCN1c1cnc(Sc2cccc(N)c2Cl)c(N)n1. The lowest BCUT2D eigenvalue weighted by Crippen LogP contribution is -2.45. The summed E-state index contributed by atoms with van der Waals surface area (Å²) >= 11 is 7.52. The van der Waals surface area contributed by atoms with Gasteiger partial charge in [-0.2, -0.15) is 0 Å². The molecule has 2 heterocycles. The van der Waals surface area contributed by atoms with Crippen molar-refractivity contribution >= 4 is 46.7 Å². The summed E-state index contributed by atoms with van der Waals surface area (Å²) < 4.78 is 19.5. The molecule has 0 spiro atoms. The topological polar surface area (TPSA) is 107 Å². The van der Waals surface area contributed by atoms with Crippen molar-refractivity contribution in [1.29, 1.82) is 0 Å². The number of alkyl halides is 1. The van der Waals surface area contributed by atoms with Crippen LogP contribution in [0, 0.1) is 0 Å². The number of benzene rings is 1. The van der Waals surface area contributed by atoms with Gasteiger partial charge in [0.15, 0.2) is 5.82 Å². The Hall–Kier alpha value is -2.26. The van der Waals surface area contributed by atoms with Gasteiger partial charge >= 0.3 is 5.97 Å². The van der Waals surface area contributed by atoms with Crippen molar-refractivity contribution < 1.29 is 13.9 Å². The van der Waals surface area contributed by atoms with Crippen LogP contribution in [-0.2, 0) is 9.53 Å². The number of halogens is 2. The number of nitrogen functional groups attached to an aromatic ring is 2. The minimum absolute atomic E-state index is 0.0642. The lowest BCUT2D eigenvalue weighted by atomic mass is 9.97. The van der Waals surface area contributed by atoms with Gasteiger partial charge in [0.2, 0.25) is 0 Å². The number of esters is 1. The zero-order valence-corrected chi connectivity index (χ0v) is 19.3. The molecule has 0 radical (unpaired) electrons. The molecule has 2 aromatic rings. The molecule has 2 atom stereocenters. The minimum Gasteiger partial charge on any atom is -0.460 e. The first-order valence-electron chi connectivity index (χ1n) is 10.0. The summed E-state index contributed by atoms with van der Waals surface area (Å²) in [5.41, 5.74) is 11.9. The van der Waals surface area contributed by atoms with Crippen LogP contribution in [0.2, 0.25) is 5.02 Å². The minimum atomic E-state index is -0.977. The fourth-order valence-electron chi connectivity index (χ4n) is 3.38. The van der Waals surface area contributed by atoms with E-state index >= 15 is 0 Å². The number of hydrogen-bond donors (Lipinski definition) is 2. The first-order chi connectivity index (χ1) is 14.5. The highest BCUT2D eigenvalue weighted by molar-refractivity contribution is 7.99. The molecular formula is C21H27ClFN5O2S. The maximum atomic E-state index is 14.1. The summed E-state index contributed by atoms with van der Waals surface area (Å²) in [5.74, 6) is 0.348. The molecule has 1 fully saturated rings. The van der Waals surface area contributed by atoms with Crippen molar-refractivity contribution in [3.05, 3.63) is 29.4 Å². The van der Waals surface area contributed by atoms with E-state index in [0.29, 0.717) is 34.5 Å². The normalized spacial score (nSPS) is 19.3. The fourth-order valence-corrected chi connectivity index (χ4v) is 4.44. The van der Waals surface area contributed by atoms with Crippen LogP contribution in [0.4, 0.5) is 21.7 Å². The number of carbonyl (C=O) groups is 1. The van der Waals surface area contributed by atoms with Crippen LogP contribution in [0.15, 0.2) is 34.3 Å². The first-order valence-corrected chi connectivity index (χ1v) is 11.2. The maximum absolute atomic E-state index is 14.1. The molecule has 3 rings (SSSR count). The Kier molecular flexibility index (Phi) is 7.16. The monoisotopic (exact) mass is 467 g/mol. The Morgan fingerprint density at radius 2 is 2.13 bits per heavy atom. The van der Waals surface area contributed by atoms with Gasteiger partial charge in [-0.25, -0.2) is 14.4 Å². The van der Waals surface area contributed by atoms with Crippen molar-refractivity contribution in [3.8, 4) is 0 Å². The smallest absolute Gasteiger partial charge is 0.308 e. The van der Waals surface area contributed by atoms with Gasteiger partial charge in [0.05, 0.1) is 23.3 Å². The molecule has 31 heavy (non-hydrogen) atoms. The van der Waals surface area contributed by atoms with Gasteiger partial charge in [0.25, 0.3) is 0 Å². The summed E-state index contributed by atoms with van der Waals surface area (Å²) in [6, 6.07) is 4.95. The Morgan fingerprint density at radius 3 is 2.81 bits per heavy atom. The van der Waals surface area contributed by atoms with E-state index in [9.17, 15) is 9.18 Å². The molecule has 1 aromatic carbocycles. The van der Waals surface area contributed by atoms with Gasteiger partial charge in [-0.05, 0) is 45.7 Å². The second-order valence-corrected chi connectivity index (χ2v) is 9.85. The van der Waals surface area contributed by atoms with Crippen LogP contribution in [0.5, 0.6) is 0 Å². The number of hydrogen-bond acceptors (Lipinski definition) is 8. The standard InChI is InChI=1S/C21H27ClFN5O2S/c1-21(2,3)30-17(29)10-13-9-12(23)7-8-28(13)16-11-26-20(19(25)27-16)31-15-6-4-5-14(24)18(15)22/h4-6,11-13H,7-10,24H2,1-3H3,(H2,25,27). The van der Waals surface area contributed by atoms with Crippen molar-refractivity contribution in [2.75, 3.05) is 22.9 Å². The largest absolute Gasteiger partial charge is 0.460 e. The third kappa shape index (κ3) is 6.13. The molecule has 0 bridgehead atoms. The van der Waals surface area contributed by atoms with Crippen LogP contribution in [-0.4, -0.2) is 40.3 Å². The fraction of sp³-hybridized carbons (Fsp3) is 0.476. The number of anilines is 3. The van der Waals surface area contributed by atoms with Crippen LogP contribution < -0.4 is 16.4 Å². The first kappa shape index (κ1) is 23.4. The predicted molar refractivity (Wildman–Crippen MR) is 122 cm³/mol. The van der Waals surface area contributed by atoms with Gasteiger partial charge in [-0.1, -0.05) is 29.4 Å². The molecule has 168 valence electrons. The molecule has 2 unspecified atom stereocenters. The maximum Gasteiger partial charge on any atom is 0.308 e. The summed E-state index contributed by atoms with van der Waals surface area (Å²) in [6.45, 7) is 5.82. The Labute approximate surface area is 190 Å². The average Bonchev–Trinajstić information content (AvgIpc) is 2.65. The molecule has 0 amide bonds. The van der Waals surface area contributed by atoms with Gasteiger partial charge in [0.1, 0.15) is 22.6 Å². The lowest BCUT2D eigenvalue weighted by Gasteiger charge is -2.38. The van der Waals surface area contributed by atoms with Gasteiger partial charge in [-0.3, -0.25) is 4.79 Å². The molecular weight excluding hydrogens is 441 g/mol. The molecule has 10 heteroatoms. The van der Waals surface area contributed by atoms with E-state index in [2.05, 4.69) is 9.97 Å². The molecule has 1 aliphatic rings. The summed E-state index contributed by atoms with van der Waals surface area (Å²) in [7, 11) is 0. The molecule has 4 N–H and O–H groups in total. The van der Waals surface area contributed by atoms with Gasteiger partial charge < -0.3 is 21.1 Å². The molecule has 7 nitrogen and oxygen atoms in total. The van der Waals surface area contributed by atoms with Crippen molar-refractivity contribution in [1.82, 2.24) is 9.97 Å². The number of rotatable bonds is 5. The van der Waals surface area contributed by atoms with E-state index in [1.807, 2.05) is 11.0 Å². The second-order valence-electron chi connectivity index (χ2n) is 8.44. The number of aromatic nitrogens is 2. The Bertz CT molecular complexity index is 956. The van der Waals surface area contributed by atoms with E-state index in [-0.39, 0.29) is 30.7 Å². The van der Waals surface area contributed by atoms with Gasteiger partial charge in [-0.15, -0.1) is 0 Å². The van der Waals surface area contributed by atoms with Crippen molar-refractivity contribution in [2.24, 2.45) is 0 Å². The highest BCUT2D eigenvalue weighted by Gasteiger charge is 2.33. The average molecular weight is 468 g/mol. The Morgan fingerprint density at radius 1 is 1.39 bits per heavy atom. The van der Waals surface area contributed by atoms with Crippen LogP contribution in [0.3, 0.4) is 0 Å². The van der Waals surface area contributed by atoms with E-state index in [1.54, 1.807) is 39.1 Å².